The molecule has 0 aliphatic rings. The van der Waals surface area contributed by atoms with Gasteiger partial charge in [-0.15, -0.1) is 0 Å². The molecule has 0 saturated heterocycles. The zero-order valence-corrected chi connectivity index (χ0v) is 18.4. The van der Waals surface area contributed by atoms with E-state index in [1.54, 1.807) is 36.4 Å². The average Bonchev–Trinajstić information content (AvgIpc) is 2.70. The maximum atomic E-state index is 12.6. The lowest BCUT2D eigenvalue weighted by molar-refractivity contribution is -0.118. The van der Waals surface area contributed by atoms with E-state index in [0.717, 1.165) is 8.04 Å². The zero-order valence-electron chi connectivity index (χ0n) is 14.6. The van der Waals surface area contributed by atoms with E-state index in [1.165, 1.54) is 0 Å². The molecule has 3 rings (SSSR count). The fourth-order valence-corrected chi connectivity index (χ4v) is 3.01. The number of ether oxygens (including phenoxy) is 1. The Morgan fingerprint density at radius 3 is 2.18 bits per heavy atom. The summed E-state index contributed by atoms with van der Waals surface area (Å²) in [5.41, 5.74) is 1.71. The van der Waals surface area contributed by atoms with Crippen molar-refractivity contribution in [1.82, 2.24) is 0 Å². The Labute approximate surface area is 184 Å². The van der Waals surface area contributed by atoms with Crippen LogP contribution >= 0.6 is 38.5 Å². The maximum absolute atomic E-state index is 12.6. The summed E-state index contributed by atoms with van der Waals surface area (Å²) in [6, 6.07) is 21.5. The number of nitrogens with one attached hydrogen (secondary N) is 2. The second-order valence-corrected chi connectivity index (χ2v) is 7.96. The van der Waals surface area contributed by atoms with Gasteiger partial charge < -0.3 is 15.4 Å². The van der Waals surface area contributed by atoms with E-state index in [1.807, 2.05) is 36.4 Å². The highest BCUT2D eigenvalue weighted by Crippen LogP contribution is 2.21. The monoisotopic (exact) mass is 550 g/mol. The Hall–Kier alpha value is -2.39. The number of benzene rings is 3. The number of anilines is 2. The molecule has 0 aromatic heterocycles. The minimum Gasteiger partial charge on any atom is -0.483 e. The van der Waals surface area contributed by atoms with Gasteiger partial charge in [0.05, 0.1) is 5.56 Å². The minimum atomic E-state index is -0.309. The first kappa shape index (κ1) is 20.3. The van der Waals surface area contributed by atoms with Crippen LogP contribution in [-0.2, 0) is 4.79 Å². The van der Waals surface area contributed by atoms with E-state index in [0.29, 0.717) is 22.7 Å². The van der Waals surface area contributed by atoms with Crippen molar-refractivity contribution in [2.45, 2.75) is 0 Å². The zero-order chi connectivity index (χ0) is 19.9. The molecule has 0 heterocycles. The number of amides is 2. The molecule has 0 radical (unpaired) electrons. The van der Waals surface area contributed by atoms with Crippen LogP contribution < -0.4 is 15.4 Å². The Morgan fingerprint density at radius 1 is 0.857 bits per heavy atom. The van der Waals surface area contributed by atoms with E-state index in [4.69, 9.17) is 4.74 Å². The molecule has 0 spiro atoms. The fraction of sp³-hybridized carbons (Fsp3) is 0.0476. The van der Waals surface area contributed by atoms with Crippen LogP contribution in [0.15, 0.2) is 77.3 Å². The molecule has 7 heteroatoms. The van der Waals surface area contributed by atoms with Crippen LogP contribution in [-0.4, -0.2) is 18.4 Å². The molecule has 3 aromatic carbocycles. The van der Waals surface area contributed by atoms with Crippen LogP contribution in [0.25, 0.3) is 0 Å². The van der Waals surface area contributed by atoms with E-state index in [-0.39, 0.29) is 18.4 Å². The largest absolute Gasteiger partial charge is 0.483 e. The van der Waals surface area contributed by atoms with Crippen LogP contribution in [0.1, 0.15) is 10.4 Å². The van der Waals surface area contributed by atoms with Gasteiger partial charge in [0.15, 0.2) is 6.61 Å². The Morgan fingerprint density at radius 2 is 1.46 bits per heavy atom. The second-order valence-electron chi connectivity index (χ2n) is 5.80. The molecular weight excluding hydrogens is 535 g/mol. The lowest BCUT2D eigenvalue weighted by Gasteiger charge is -2.12. The maximum Gasteiger partial charge on any atom is 0.262 e. The van der Waals surface area contributed by atoms with Crippen molar-refractivity contribution in [2.24, 2.45) is 0 Å². The predicted octanol–water partition coefficient (Wildman–Crippen LogP) is 5.32. The highest BCUT2D eigenvalue weighted by atomic mass is 127. The van der Waals surface area contributed by atoms with Gasteiger partial charge in [-0.25, -0.2) is 0 Å². The van der Waals surface area contributed by atoms with Crippen molar-refractivity contribution in [3.8, 4) is 5.75 Å². The third-order valence-corrected chi connectivity index (χ3v) is 4.97. The Kier molecular flexibility index (Phi) is 7.05. The van der Waals surface area contributed by atoms with Gasteiger partial charge in [-0.3, -0.25) is 9.59 Å². The number of carbonyl (C=O) groups is 2. The summed E-state index contributed by atoms with van der Waals surface area (Å²) in [6.07, 6.45) is 0. The third-order valence-electron chi connectivity index (χ3n) is 3.72. The van der Waals surface area contributed by atoms with Crippen molar-refractivity contribution < 1.29 is 14.3 Å². The van der Waals surface area contributed by atoms with Gasteiger partial charge in [-0.05, 0) is 83.3 Å². The SMILES string of the molecule is O=C(COc1ccccc1C(=O)Nc1ccc(Br)cc1)Nc1ccc(I)cc1. The van der Waals surface area contributed by atoms with Crippen molar-refractivity contribution >= 4 is 61.7 Å². The lowest BCUT2D eigenvalue weighted by Crippen LogP contribution is -2.21. The molecule has 5 nitrogen and oxygen atoms in total. The van der Waals surface area contributed by atoms with Crippen molar-refractivity contribution in [1.29, 1.82) is 0 Å². The van der Waals surface area contributed by atoms with Gasteiger partial charge in [0.25, 0.3) is 11.8 Å². The molecular formula is C21H16BrIN2O3. The predicted molar refractivity (Wildman–Crippen MR) is 122 cm³/mol. The molecule has 142 valence electrons. The van der Waals surface area contributed by atoms with Gasteiger partial charge in [0, 0.05) is 19.4 Å². The van der Waals surface area contributed by atoms with Crippen LogP contribution in [0.5, 0.6) is 5.75 Å². The van der Waals surface area contributed by atoms with Crippen molar-refractivity contribution in [3.05, 3.63) is 86.4 Å². The first-order valence-corrected chi connectivity index (χ1v) is 10.2. The number of hydrogen-bond donors (Lipinski definition) is 2. The van der Waals surface area contributed by atoms with E-state index in [2.05, 4.69) is 49.2 Å². The fourth-order valence-electron chi connectivity index (χ4n) is 2.39. The van der Waals surface area contributed by atoms with Crippen molar-refractivity contribution in [2.75, 3.05) is 17.2 Å². The molecule has 0 atom stereocenters. The molecule has 2 N–H and O–H groups in total. The molecule has 0 bridgehead atoms. The molecule has 0 unspecified atom stereocenters. The minimum absolute atomic E-state index is 0.200. The Balaban J connectivity index is 1.63. The molecule has 28 heavy (non-hydrogen) atoms. The standard InChI is InChI=1S/C21H16BrIN2O3/c22-14-5-9-17(10-6-14)25-21(27)18-3-1-2-4-19(18)28-13-20(26)24-16-11-7-15(23)8-12-16/h1-12H,13H2,(H,24,26)(H,25,27). The first-order chi connectivity index (χ1) is 13.5. The van der Waals surface area contributed by atoms with E-state index < -0.39 is 0 Å². The second kappa shape index (κ2) is 9.70. The number of halogens is 2. The third kappa shape index (κ3) is 5.80. The Bertz CT molecular complexity index is 976. The van der Waals surface area contributed by atoms with Gasteiger partial charge in [-0.2, -0.15) is 0 Å². The van der Waals surface area contributed by atoms with Gasteiger partial charge in [-0.1, -0.05) is 28.1 Å². The normalized spacial score (nSPS) is 10.2. The van der Waals surface area contributed by atoms with Crippen molar-refractivity contribution in [3.63, 3.8) is 0 Å². The molecule has 0 aliphatic carbocycles. The molecule has 0 saturated carbocycles. The summed E-state index contributed by atoms with van der Waals surface area (Å²) in [6.45, 7) is -0.200. The van der Waals surface area contributed by atoms with Crippen LogP contribution in [0, 0.1) is 3.57 Å². The topological polar surface area (TPSA) is 67.4 Å². The molecule has 0 fully saturated rings. The van der Waals surface area contributed by atoms with E-state index in [9.17, 15) is 9.59 Å². The summed E-state index contributed by atoms with van der Waals surface area (Å²) in [5.74, 6) is -0.268. The molecule has 3 aromatic rings. The van der Waals surface area contributed by atoms with Crippen LogP contribution in [0.4, 0.5) is 11.4 Å². The number of rotatable bonds is 6. The summed E-state index contributed by atoms with van der Waals surface area (Å²) < 4.78 is 7.60. The van der Waals surface area contributed by atoms with E-state index >= 15 is 0 Å². The summed E-state index contributed by atoms with van der Waals surface area (Å²) in [7, 11) is 0. The average molecular weight is 551 g/mol. The quantitative estimate of drug-likeness (QED) is 0.408. The summed E-state index contributed by atoms with van der Waals surface area (Å²) in [4.78, 5) is 24.7. The molecule has 0 aliphatic heterocycles. The highest BCUT2D eigenvalue weighted by molar-refractivity contribution is 14.1. The lowest BCUT2D eigenvalue weighted by atomic mass is 10.2. The summed E-state index contributed by atoms with van der Waals surface area (Å²) >= 11 is 5.55. The first-order valence-electron chi connectivity index (χ1n) is 8.35. The van der Waals surface area contributed by atoms with Gasteiger partial charge in [0.1, 0.15) is 5.75 Å². The van der Waals surface area contributed by atoms with Crippen LogP contribution in [0.3, 0.4) is 0 Å². The van der Waals surface area contributed by atoms with Crippen LogP contribution in [0.2, 0.25) is 0 Å². The van der Waals surface area contributed by atoms with Gasteiger partial charge >= 0.3 is 0 Å². The highest BCUT2D eigenvalue weighted by Gasteiger charge is 2.14. The summed E-state index contributed by atoms with van der Waals surface area (Å²) in [5, 5.41) is 5.58. The smallest absolute Gasteiger partial charge is 0.262 e. The number of carbonyl (C=O) groups excluding carboxylic acids is 2. The number of hydrogen-bond acceptors (Lipinski definition) is 3. The number of para-hydroxylation sites is 1. The molecule has 2 amide bonds. The van der Waals surface area contributed by atoms with Gasteiger partial charge in [0.2, 0.25) is 0 Å².